The zero-order valence-electron chi connectivity index (χ0n) is 13.9. The molecular formula is C18H32O2S. The molecule has 0 aliphatic heterocycles. The first-order chi connectivity index (χ1) is 10.3. The molecule has 0 bridgehead atoms. The van der Waals surface area contributed by atoms with Gasteiger partial charge in [-0.2, -0.15) is 0 Å². The summed E-state index contributed by atoms with van der Waals surface area (Å²) >= 11 is 1.84. The van der Waals surface area contributed by atoms with Gasteiger partial charge in [-0.25, -0.2) is 0 Å². The fraction of sp³-hybridized carbons (Fsp3) is 0.778. The number of carbonyl (C=O) groups is 1. The van der Waals surface area contributed by atoms with Crippen molar-refractivity contribution in [2.45, 2.75) is 77.6 Å². The minimum absolute atomic E-state index is 0.128. The normalized spacial score (nSPS) is 10.0. The van der Waals surface area contributed by atoms with Crippen LogP contribution in [-0.2, 0) is 9.53 Å². The molecule has 0 fully saturated rings. The van der Waals surface area contributed by atoms with Crippen LogP contribution in [0.15, 0.2) is 17.2 Å². The molecule has 0 radical (unpaired) electrons. The van der Waals surface area contributed by atoms with Crippen molar-refractivity contribution in [1.29, 1.82) is 0 Å². The van der Waals surface area contributed by atoms with Gasteiger partial charge in [-0.05, 0) is 31.1 Å². The van der Waals surface area contributed by atoms with Gasteiger partial charge < -0.3 is 4.74 Å². The predicted octanol–water partition coefficient (Wildman–Crippen LogP) is 5.87. The van der Waals surface area contributed by atoms with Crippen LogP contribution in [0.2, 0.25) is 0 Å². The van der Waals surface area contributed by atoms with Gasteiger partial charge in [0, 0.05) is 11.8 Å². The van der Waals surface area contributed by atoms with Crippen LogP contribution in [-0.4, -0.2) is 18.8 Å². The minimum Gasteiger partial charge on any atom is -0.469 e. The van der Waals surface area contributed by atoms with Crippen LogP contribution in [0.1, 0.15) is 77.6 Å². The molecule has 0 heterocycles. The lowest BCUT2D eigenvalue weighted by Crippen LogP contribution is -1.98. The second-order valence-electron chi connectivity index (χ2n) is 5.30. The number of allylic oxidation sites excluding steroid dienone is 1. The summed E-state index contributed by atoms with van der Waals surface area (Å²) in [5, 5.41) is 2.04. The lowest BCUT2D eigenvalue weighted by Gasteiger charge is -2.00. The Labute approximate surface area is 135 Å². The van der Waals surface area contributed by atoms with E-state index < -0.39 is 0 Å². The Morgan fingerprint density at radius 2 is 1.71 bits per heavy atom. The highest BCUT2D eigenvalue weighted by atomic mass is 32.2. The van der Waals surface area contributed by atoms with Gasteiger partial charge in [-0.15, -0.1) is 17.5 Å². The molecule has 0 atom stereocenters. The van der Waals surface area contributed by atoms with Crippen molar-refractivity contribution < 1.29 is 9.53 Å². The molecule has 0 N–H and O–H groups in total. The van der Waals surface area contributed by atoms with Crippen LogP contribution in [0.4, 0.5) is 0 Å². The quantitative estimate of drug-likeness (QED) is 0.228. The Balaban J connectivity index is 3.22. The predicted molar refractivity (Wildman–Crippen MR) is 93.6 cm³/mol. The van der Waals surface area contributed by atoms with Crippen molar-refractivity contribution in [3.8, 4) is 0 Å². The Morgan fingerprint density at radius 3 is 2.38 bits per heavy atom. The lowest BCUT2D eigenvalue weighted by atomic mass is 10.1. The van der Waals surface area contributed by atoms with Crippen molar-refractivity contribution in [3.05, 3.63) is 17.2 Å². The molecule has 0 aromatic heterocycles. The van der Waals surface area contributed by atoms with E-state index in [2.05, 4.69) is 17.4 Å². The molecule has 0 rings (SSSR count). The van der Waals surface area contributed by atoms with E-state index in [1.54, 1.807) is 0 Å². The van der Waals surface area contributed by atoms with E-state index in [4.69, 9.17) is 0 Å². The van der Waals surface area contributed by atoms with Crippen molar-refractivity contribution in [2.24, 2.45) is 0 Å². The van der Waals surface area contributed by atoms with Crippen molar-refractivity contribution >= 4 is 17.7 Å². The molecule has 21 heavy (non-hydrogen) atoms. The fourth-order valence-corrected chi connectivity index (χ4v) is 2.69. The van der Waals surface area contributed by atoms with E-state index >= 15 is 0 Å². The molecule has 0 saturated heterocycles. The number of hydrogen-bond donors (Lipinski definition) is 0. The monoisotopic (exact) mass is 312 g/mol. The summed E-state index contributed by atoms with van der Waals surface area (Å²) in [7, 11) is 1.43. The highest BCUT2D eigenvalue weighted by molar-refractivity contribution is 8.02. The Kier molecular flexibility index (Phi) is 16.8. The van der Waals surface area contributed by atoms with Crippen LogP contribution >= 0.6 is 11.8 Å². The molecule has 0 aromatic rings. The van der Waals surface area contributed by atoms with E-state index in [1.165, 1.54) is 64.2 Å². The maximum absolute atomic E-state index is 10.9. The maximum atomic E-state index is 10.9. The average molecular weight is 313 g/mol. The highest BCUT2D eigenvalue weighted by Gasteiger charge is 1.96. The van der Waals surface area contributed by atoms with Gasteiger partial charge in [-0.1, -0.05) is 51.9 Å². The molecular weight excluding hydrogens is 280 g/mol. The van der Waals surface area contributed by atoms with Gasteiger partial charge in [-0.3, -0.25) is 4.79 Å². The number of methoxy groups -OCH3 is 1. The second kappa shape index (κ2) is 17.4. The number of esters is 1. The Hall–Kier alpha value is -0.660. The number of rotatable bonds is 14. The zero-order valence-corrected chi connectivity index (χ0v) is 14.7. The standard InChI is InChI=1S/C18H32O2S/c1-3-4-5-6-7-8-10-13-16-21-17-14-11-9-12-15-18(19)20-2/h11,17H,3-10,12-13,15-16H2,1-2H3. The van der Waals surface area contributed by atoms with Crippen LogP contribution in [0.25, 0.3) is 0 Å². The smallest absolute Gasteiger partial charge is 0.305 e. The van der Waals surface area contributed by atoms with Crippen molar-refractivity contribution in [2.75, 3.05) is 12.9 Å². The van der Waals surface area contributed by atoms with Crippen molar-refractivity contribution in [3.63, 3.8) is 0 Å². The van der Waals surface area contributed by atoms with E-state index in [1.807, 2.05) is 23.2 Å². The third-order valence-electron chi connectivity index (χ3n) is 3.34. The second-order valence-corrected chi connectivity index (χ2v) is 6.28. The number of thioether (sulfide) groups is 1. The summed E-state index contributed by atoms with van der Waals surface area (Å²) in [5.41, 5.74) is 3.16. The largest absolute Gasteiger partial charge is 0.469 e. The summed E-state index contributed by atoms with van der Waals surface area (Å²) in [5.74, 6) is 1.06. The summed E-state index contributed by atoms with van der Waals surface area (Å²) < 4.78 is 4.58. The van der Waals surface area contributed by atoms with Crippen molar-refractivity contribution in [1.82, 2.24) is 0 Å². The van der Waals surface area contributed by atoms with Crippen LogP contribution < -0.4 is 0 Å². The van der Waals surface area contributed by atoms with Gasteiger partial charge in [0.05, 0.1) is 7.11 Å². The van der Waals surface area contributed by atoms with Gasteiger partial charge in [0.2, 0.25) is 0 Å². The lowest BCUT2D eigenvalue weighted by molar-refractivity contribution is -0.140. The highest BCUT2D eigenvalue weighted by Crippen LogP contribution is 2.11. The fourth-order valence-electron chi connectivity index (χ4n) is 2.01. The van der Waals surface area contributed by atoms with Crippen LogP contribution in [0.3, 0.4) is 0 Å². The van der Waals surface area contributed by atoms with E-state index in [0.717, 1.165) is 12.8 Å². The first-order valence-corrected chi connectivity index (χ1v) is 9.44. The third-order valence-corrected chi connectivity index (χ3v) is 4.17. The van der Waals surface area contributed by atoms with Crippen LogP contribution in [0, 0.1) is 0 Å². The van der Waals surface area contributed by atoms with Gasteiger partial charge in [0.15, 0.2) is 0 Å². The molecule has 0 spiro atoms. The van der Waals surface area contributed by atoms with E-state index in [-0.39, 0.29) is 5.97 Å². The molecule has 3 heteroatoms. The molecule has 0 aromatic carbocycles. The maximum Gasteiger partial charge on any atom is 0.305 e. The SMILES string of the molecule is CCCCCCCCCCSC=C=CCCCC(=O)OC. The van der Waals surface area contributed by atoms with E-state index in [9.17, 15) is 4.79 Å². The Morgan fingerprint density at radius 1 is 1.05 bits per heavy atom. The average Bonchev–Trinajstić information content (AvgIpc) is 2.50. The van der Waals surface area contributed by atoms with Gasteiger partial charge >= 0.3 is 5.97 Å². The summed E-state index contributed by atoms with van der Waals surface area (Å²) in [6.45, 7) is 2.26. The zero-order chi connectivity index (χ0) is 15.6. The molecule has 0 saturated carbocycles. The first-order valence-electron chi connectivity index (χ1n) is 8.39. The molecule has 0 aliphatic rings. The summed E-state index contributed by atoms with van der Waals surface area (Å²) in [4.78, 5) is 10.9. The van der Waals surface area contributed by atoms with E-state index in [0.29, 0.717) is 6.42 Å². The molecule has 0 unspecified atom stereocenters. The van der Waals surface area contributed by atoms with Crippen LogP contribution in [0.5, 0.6) is 0 Å². The molecule has 0 aliphatic carbocycles. The topological polar surface area (TPSA) is 26.3 Å². The molecule has 2 nitrogen and oxygen atoms in total. The van der Waals surface area contributed by atoms with Gasteiger partial charge in [0.25, 0.3) is 0 Å². The number of carbonyl (C=O) groups excluding carboxylic acids is 1. The third kappa shape index (κ3) is 17.3. The first kappa shape index (κ1) is 20.3. The van der Waals surface area contributed by atoms with Gasteiger partial charge in [0.1, 0.15) is 0 Å². The minimum atomic E-state index is -0.128. The number of ether oxygens (including phenoxy) is 1. The molecule has 122 valence electrons. The molecule has 0 amide bonds. The summed E-state index contributed by atoms with van der Waals surface area (Å²) in [6, 6.07) is 0. The Bertz CT molecular complexity index is 294. The summed E-state index contributed by atoms with van der Waals surface area (Å²) in [6.07, 6.45) is 15.2. The number of hydrogen-bond acceptors (Lipinski definition) is 3. The number of unbranched alkanes of at least 4 members (excludes halogenated alkanes) is 8.